The topological polar surface area (TPSA) is 92.8 Å². The molecule has 0 spiro atoms. The predicted molar refractivity (Wildman–Crippen MR) is 156 cm³/mol. The Bertz CT molecular complexity index is 1440. The summed E-state index contributed by atoms with van der Waals surface area (Å²) in [6, 6.07) is 16.3. The van der Waals surface area contributed by atoms with Gasteiger partial charge in [0.05, 0.1) is 10.7 Å². The van der Waals surface area contributed by atoms with Crippen LogP contribution in [0.25, 0.3) is 0 Å². The molecule has 2 heterocycles. The van der Waals surface area contributed by atoms with Gasteiger partial charge in [-0.15, -0.1) is 0 Å². The van der Waals surface area contributed by atoms with Gasteiger partial charge >= 0.3 is 24.7 Å². The second-order valence-electron chi connectivity index (χ2n) is 11.4. The van der Waals surface area contributed by atoms with Gasteiger partial charge in [-0.25, -0.2) is 9.59 Å². The molecule has 44 heavy (non-hydrogen) atoms. The van der Waals surface area contributed by atoms with Crippen LogP contribution in [0.15, 0.2) is 72.9 Å². The number of rotatable bonds is 9. The van der Waals surface area contributed by atoms with E-state index < -0.39 is 47.6 Å². The summed E-state index contributed by atoms with van der Waals surface area (Å²) in [6.45, 7) is 5.85. The standard InChI is InChI=1S/C31H33ClF4N4O4/c1-29(2,3)44-28(42)40-15-14-23(19-40)38-27(41)39-30(17-20-8-5-4-6-9-20,25-13-12-22(32)18-37-25)21-10-7-11-24(16-21)43-31(35,36)26(33)34/h4-13,16,18,23,26H,14-15,17,19H2,1-3H3,(H2,38,39,41)/t23-,30-/m1/s1. The molecular formula is C31H33ClF4N4O4. The summed E-state index contributed by atoms with van der Waals surface area (Å²) in [5.74, 6) is -0.537. The Hall–Kier alpha value is -4.06. The zero-order chi connectivity index (χ0) is 32.1. The first kappa shape index (κ1) is 32.8. The van der Waals surface area contributed by atoms with E-state index in [-0.39, 0.29) is 18.5 Å². The highest BCUT2D eigenvalue weighted by Crippen LogP contribution is 2.36. The number of hydrogen-bond acceptors (Lipinski definition) is 5. The Kier molecular flexibility index (Phi) is 9.92. The lowest BCUT2D eigenvalue weighted by Crippen LogP contribution is -2.54. The molecule has 13 heteroatoms. The normalized spacial score (nSPS) is 16.8. The monoisotopic (exact) mass is 636 g/mol. The lowest BCUT2D eigenvalue weighted by atomic mass is 9.80. The number of urea groups is 1. The average Bonchev–Trinajstić information content (AvgIpc) is 3.41. The predicted octanol–water partition coefficient (Wildman–Crippen LogP) is 6.77. The zero-order valence-corrected chi connectivity index (χ0v) is 25.1. The summed E-state index contributed by atoms with van der Waals surface area (Å²) in [4.78, 5) is 32.2. The van der Waals surface area contributed by atoms with Crippen LogP contribution in [0.1, 0.15) is 44.0 Å². The molecule has 0 bridgehead atoms. The van der Waals surface area contributed by atoms with E-state index in [0.717, 1.165) is 17.7 Å². The molecule has 1 aliphatic heterocycles. The number of nitrogens with zero attached hydrogens (tertiary/aromatic N) is 2. The van der Waals surface area contributed by atoms with Crippen molar-refractivity contribution >= 4 is 23.7 Å². The molecule has 4 rings (SSSR count). The number of alkyl halides is 4. The summed E-state index contributed by atoms with van der Waals surface area (Å²) in [5.41, 5.74) is -0.930. The second kappa shape index (κ2) is 13.3. The number of carbonyl (C=O) groups is 2. The van der Waals surface area contributed by atoms with E-state index >= 15 is 0 Å². The number of aromatic nitrogens is 1. The number of benzene rings is 2. The maximum Gasteiger partial charge on any atom is 0.461 e. The summed E-state index contributed by atoms with van der Waals surface area (Å²) < 4.78 is 63.5. The number of pyridine rings is 1. The van der Waals surface area contributed by atoms with Gasteiger partial charge in [-0.1, -0.05) is 54.1 Å². The number of carbonyl (C=O) groups excluding carboxylic acids is 2. The van der Waals surface area contributed by atoms with Gasteiger partial charge in [0.2, 0.25) is 0 Å². The Morgan fingerprint density at radius 1 is 1.07 bits per heavy atom. The molecule has 1 aliphatic rings. The van der Waals surface area contributed by atoms with Gasteiger partial charge in [0, 0.05) is 31.7 Å². The molecule has 0 radical (unpaired) electrons. The van der Waals surface area contributed by atoms with Gasteiger partial charge in [-0.3, -0.25) is 4.98 Å². The molecule has 2 N–H and O–H groups in total. The van der Waals surface area contributed by atoms with Crippen LogP contribution in [0.2, 0.25) is 5.02 Å². The molecule has 1 aromatic heterocycles. The second-order valence-corrected chi connectivity index (χ2v) is 11.9. The third-order valence-electron chi connectivity index (χ3n) is 6.81. The highest BCUT2D eigenvalue weighted by Gasteiger charge is 2.45. The first-order valence-corrected chi connectivity index (χ1v) is 14.2. The minimum atomic E-state index is -4.74. The lowest BCUT2D eigenvalue weighted by Gasteiger charge is -2.36. The Labute approximate surface area is 257 Å². The van der Waals surface area contributed by atoms with Gasteiger partial charge in [-0.2, -0.15) is 17.6 Å². The molecule has 236 valence electrons. The number of amides is 3. The first-order chi connectivity index (χ1) is 20.7. The molecule has 2 aromatic carbocycles. The summed E-state index contributed by atoms with van der Waals surface area (Å²) >= 11 is 6.11. The van der Waals surface area contributed by atoms with E-state index in [0.29, 0.717) is 23.7 Å². The molecule has 1 fully saturated rings. The quantitative estimate of drug-likeness (QED) is 0.253. The molecule has 0 unspecified atom stereocenters. The van der Waals surface area contributed by atoms with Crippen molar-refractivity contribution in [3.05, 3.63) is 94.8 Å². The van der Waals surface area contributed by atoms with Crippen LogP contribution in [0.5, 0.6) is 5.75 Å². The third-order valence-corrected chi connectivity index (χ3v) is 7.04. The fraction of sp³-hybridized carbons (Fsp3) is 0.387. The van der Waals surface area contributed by atoms with E-state index in [1.807, 2.05) is 18.2 Å². The molecular weight excluding hydrogens is 604 g/mol. The Balaban J connectivity index is 1.70. The van der Waals surface area contributed by atoms with Gasteiger partial charge in [-0.05, 0) is 62.6 Å². The summed E-state index contributed by atoms with van der Waals surface area (Å²) in [5, 5.41) is 6.17. The van der Waals surface area contributed by atoms with Crippen LogP contribution < -0.4 is 15.4 Å². The number of hydrogen-bond donors (Lipinski definition) is 2. The van der Waals surface area contributed by atoms with Crippen molar-refractivity contribution in [2.24, 2.45) is 0 Å². The SMILES string of the molecule is CC(C)(C)OC(=O)N1CC[C@@H](NC(=O)N[C@](Cc2ccccc2)(c2cccc(OC(F)(F)C(F)F)c2)c2ccc(Cl)cn2)C1. The highest BCUT2D eigenvalue weighted by molar-refractivity contribution is 6.30. The maximum atomic E-state index is 13.9. The van der Waals surface area contributed by atoms with Crippen molar-refractivity contribution in [1.29, 1.82) is 0 Å². The molecule has 1 saturated heterocycles. The van der Waals surface area contributed by atoms with Crippen LogP contribution in [0.4, 0.5) is 27.2 Å². The third kappa shape index (κ3) is 8.31. The number of ether oxygens (including phenoxy) is 2. The van der Waals surface area contributed by atoms with Crippen LogP contribution >= 0.6 is 11.6 Å². The fourth-order valence-electron chi connectivity index (χ4n) is 4.86. The molecule has 0 aliphatic carbocycles. The highest BCUT2D eigenvalue weighted by atomic mass is 35.5. The minimum absolute atomic E-state index is 0.0826. The van der Waals surface area contributed by atoms with Crippen molar-refractivity contribution in [2.75, 3.05) is 13.1 Å². The fourth-order valence-corrected chi connectivity index (χ4v) is 4.98. The smallest absolute Gasteiger partial charge is 0.444 e. The molecule has 3 amide bonds. The maximum absolute atomic E-state index is 13.9. The van der Waals surface area contributed by atoms with Gasteiger partial charge < -0.3 is 25.0 Å². The van der Waals surface area contributed by atoms with Gasteiger partial charge in [0.1, 0.15) is 16.9 Å². The first-order valence-electron chi connectivity index (χ1n) is 13.8. The van der Waals surface area contributed by atoms with E-state index in [4.69, 9.17) is 16.3 Å². The lowest BCUT2D eigenvalue weighted by molar-refractivity contribution is -0.253. The number of halogens is 5. The van der Waals surface area contributed by atoms with E-state index in [1.165, 1.54) is 17.2 Å². The number of likely N-dealkylation sites (tertiary alicyclic amines) is 1. The number of nitrogens with one attached hydrogen (secondary N) is 2. The van der Waals surface area contributed by atoms with Crippen LogP contribution in [0.3, 0.4) is 0 Å². The average molecular weight is 637 g/mol. The largest absolute Gasteiger partial charge is 0.461 e. The van der Waals surface area contributed by atoms with Crippen molar-refractivity contribution in [2.45, 2.75) is 63.3 Å². The Morgan fingerprint density at radius 2 is 1.80 bits per heavy atom. The Morgan fingerprint density at radius 3 is 2.43 bits per heavy atom. The molecule has 3 aromatic rings. The van der Waals surface area contributed by atoms with Crippen LogP contribution in [-0.4, -0.2) is 59.3 Å². The summed E-state index contributed by atoms with van der Waals surface area (Å²) in [6.07, 6.45) is -7.39. The zero-order valence-electron chi connectivity index (χ0n) is 24.3. The van der Waals surface area contributed by atoms with Crippen molar-refractivity contribution in [3.63, 3.8) is 0 Å². The minimum Gasteiger partial charge on any atom is -0.444 e. The molecule has 0 saturated carbocycles. The molecule has 2 atom stereocenters. The van der Waals surface area contributed by atoms with Crippen molar-refractivity contribution in [1.82, 2.24) is 20.5 Å². The van der Waals surface area contributed by atoms with Crippen LogP contribution in [0, 0.1) is 0 Å². The van der Waals surface area contributed by atoms with Crippen molar-refractivity contribution in [3.8, 4) is 5.75 Å². The summed E-state index contributed by atoms with van der Waals surface area (Å²) in [7, 11) is 0. The van der Waals surface area contributed by atoms with E-state index in [1.54, 1.807) is 51.1 Å². The molecule has 8 nitrogen and oxygen atoms in total. The van der Waals surface area contributed by atoms with E-state index in [2.05, 4.69) is 20.4 Å². The van der Waals surface area contributed by atoms with E-state index in [9.17, 15) is 27.2 Å². The van der Waals surface area contributed by atoms with Gasteiger partial charge in [0.25, 0.3) is 0 Å². The van der Waals surface area contributed by atoms with Gasteiger partial charge in [0.15, 0.2) is 0 Å². The van der Waals surface area contributed by atoms with Crippen molar-refractivity contribution < 1.29 is 36.6 Å². The van der Waals surface area contributed by atoms with Crippen LogP contribution in [-0.2, 0) is 16.7 Å².